The Labute approximate surface area is 147 Å². The van der Waals surface area contributed by atoms with Gasteiger partial charge in [0.2, 0.25) is 5.91 Å². The molecule has 3 aromatic carbocycles. The number of carbonyl (C=O) groups excluding carboxylic acids is 1. The van der Waals surface area contributed by atoms with Crippen molar-refractivity contribution in [3.05, 3.63) is 90.0 Å². The van der Waals surface area contributed by atoms with Gasteiger partial charge in [0.15, 0.2) is 0 Å². The first-order valence-electron chi connectivity index (χ1n) is 8.69. The molecule has 1 aliphatic carbocycles. The second kappa shape index (κ2) is 4.60. The first-order valence-corrected chi connectivity index (χ1v) is 8.69. The zero-order valence-electron chi connectivity index (χ0n) is 14.4. The van der Waals surface area contributed by atoms with E-state index in [1.165, 1.54) is 22.3 Å². The molecule has 2 aliphatic rings. The SMILES string of the molecule is CC1(C)C(=O)N(c2ccccc2)C12c1ccccc1-c1ccccc12. The van der Waals surface area contributed by atoms with Crippen molar-refractivity contribution in [1.82, 2.24) is 0 Å². The zero-order chi connectivity index (χ0) is 17.2. The number of β-lactam (4-membered cyclic amide) rings is 1. The number of amides is 1. The lowest BCUT2D eigenvalue weighted by molar-refractivity contribution is -0.142. The minimum absolute atomic E-state index is 0.171. The molecule has 0 unspecified atom stereocenters. The van der Waals surface area contributed by atoms with Gasteiger partial charge in [0, 0.05) is 5.69 Å². The summed E-state index contributed by atoms with van der Waals surface area (Å²) >= 11 is 0. The molecule has 1 heterocycles. The van der Waals surface area contributed by atoms with Crippen LogP contribution in [0.25, 0.3) is 11.1 Å². The van der Waals surface area contributed by atoms with E-state index in [1.807, 2.05) is 35.2 Å². The summed E-state index contributed by atoms with van der Waals surface area (Å²) in [4.78, 5) is 15.2. The Morgan fingerprint density at radius 1 is 0.680 bits per heavy atom. The monoisotopic (exact) mass is 325 g/mol. The number of nitrogens with zero attached hydrogens (tertiary/aromatic N) is 1. The molecular weight excluding hydrogens is 306 g/mol. The Morgan fingerprint density at radius 2 is 1.16 bits per heavy atom. The van der Waals surface area contributed by atoms with E-state index in [-0.39, 0.29) is 5.91 Å². The smallest absolute Gasteiger partial charge is 0.236 e. The highest BCUT2D eigenvalue weighted by Crippen LogP contribution is 2.66. The van der Waals surface area contributed by atoms with Gasteiger partial charge in [-0.3, -0.25) is 9.69 Å². The molecule has 0 N–H and O–H groups in total. The fourth-order valence-corrected chi connectivity index (χ4v) is 4.83. The number of fused-ring (bicyclic) bond motifs is 5. The lowest BCUT2D eigenvalue weighted by Crippen LogP contribution is -2.74. The number of carbonyl (C=O) groups is 1. The van der Waals surface area contributed by atoms with Gasteiger partial charge >= 0.3 is 0 Å². The molecule has 0 bridgehead atoms. The summed E-state index contributed by atoms with van der Waals surface area (Å²) in [7, 11) is 0. The van der Waals surface area contributed by atoms with E-state index in [0.717, 1.165) is 5.69 Å². The molecule has 1 saturated heterocycles. The highest BCUT2D eigenvalue weighted by atomic mass is 16.2. The topological polar surface area (TPSA) is 20.3 Å². The molecular formula is C23H19NO. The fraction of sp³-hybridized carbons (Fsp3) is 0.174. The summed E-state index contributed by atoms with van der Waals surface area (Å²) in [5.74, 6) is 0.171. The molecule has 5 rings (SSSR count). The number of hydrogen-bond acceptors (Lipinski definition) is 1. The van der Waals surface area contributed by atoms with Crippen molar-refractivity contribution in [1.29, 1.82) is 0 Å². The zero-order valence-corrected chi connectivity index (χ0v) is 14.4. The standard InChI is InChI=1S/C23H19NO/c1-22(2)21(25)24(16-10-4-3-5-11-16)23(22)19-14-8-6-12-17(19)18-13-7-9-15-20(18)23/h3-15H,1-2H3. The average molecular weight is 325 g/mol. The average Bonchev–Trinajstić information content (AvgIpc) is 2.96. The first-order chi connectivity index (χ1) is 12.1. The second-order valence-electron chi connectivity index (χ2n) is 7.40. The van der Waals surface area contributed by atoms with Crippen LogP contribution < -0.4 is 4.90 Å². The minimum Gasteiger partial charge on any atom is -0.296 e. The molecule has 122 valence electrons. The van der Waals surface area contributed by atoms with Gasteiger partial charge in [0.1, 0.15) is 5.54 Å². The van der Waals surface area contributed by atoms with Crippen LogP contribution in [0.2, 0.25) is 0 Å². The van der Waals surface area contributed by atoms with Gasteiger partial charge in [-0.15, -0.1) is 0 Å². The van der Waals surface area contributed by atoms with E-state index in [2.05, 4.69) is 62.4 Å². The van der Waals surface area contributed by atoms with Crippen LogP contribution in [-0.2, 0) is 10.3 Å². The summed E-state index contributed by atoms with van der Waals surface area (Å²) in [6.07, 6.45) is 0. The van der Waals surface area contributed by atoms with E-state index in [0.29, 0.717) is 0 Å². The molecule has 1 amide bonds. The molecule has 2 heteroatoms. The molecule has 0 aromatic heterocycles. The van der Waals surface area contributed by atoms with Crippen molar-refractivity contribution in [3.63, 3.8) is 0 Å². The predicted molar refractivity (Wildman–Crippen MR) is 100 cm³/mol. The van der Waals surface area contributed by atoms with E-state index < -0.39 is 11.0 Å². The molecule has 1 spiro atoms. The lowest BCUT2D eigenvalue weighted by atomic mass is 9.57. The number of anilines is 1. The third-order valence-corrected chi connectivity index (χ3v) is 5.92. The lowest BCUT2D eigenvalue weighted by Gasteiger charge is -2.62. The van der Waals surface area contributed by atoms with Gasteiger partial charge in [-0.05, 0) is 48.2 Å². The van der Waals surface area contributed by atoms with Gasteiger partial charge in [-0.1, -0.05) is 66.7 Å². The number of para-hydroxylation sites is 1. The Morgan fingerprint density at radius 3 is 1.72 bits per heavy atom. The third kappa shape index (κ3) is 1.49. The Balaban J connectivity index is 1.88. The van der Waals surface area contributed by atoms with Crippen LogP contribution in [0.15, 0.2) is 78.9 Å². The maximum Gasteiger partial charge on any atom is 0.236 e. The summed E-state index contributed by atoms with van der Waals surface area (Å²) in [6, 6.07) is 27.0. The van der Waals surface area contributed by atoms with Crippen LogP contribution in [0.5, 0.6) is 0 Å². The molecule has 0 saturated carbocycles. The minimum atomic E-state index is -0.494. The summed E-state index contributed by atoms with van der Waals surface area (Å²) in [6.45, 7) is 4.15. The van der Waals surface area contributed by atoms with E-state index in [1.54, 1.807) is 0 Å². The maximum atomic E-state index is 13.2. The molecule has 0 atom stereocenters. The Bertz CT molecular complexity index is 958. The largest absolute Gasteiger partial charge is 0.296 e. The van der Waals surface area contributed by atoms with Gasteiger partial charge in [-0.25, -0.2) is 0 Å². The summed E-state index contributed by atoms with van der Waals surface area (Å²) in [5, 5.41) is 0. The summed E-state index contributed by atoms with van der Waals surface area (Å²) in [5.41, 5.74) is 4.94. The van der Waals surface area contributed by atoms with Gasteiger partial charge < -0.3 is 0 Å². The highest BCUT2D eigenvalue weighted by molar-refractivity contribution is 6.11. The van der Waals surface area contributed by atoms with Crippen LogP contribution in [0, 0.1) is 5.41 Å². The molecule has 1 aliphatic heterocycles. The van der Waals surface area contributed by atoms with Gasteiger partial charge in [0.05, 0.1) is 5.41 Å². The Hall–Kier alpha value is -2.87. The van der Waals surface area contributed by atoms with Crippen molar-refractivity contribution in [2.24, 2.45) is 5.41 Å². The van der Waals surface area contributed by atoms with Gasteiger partial charge in [-0.2, -0.15) is 0 Å². The van der Waals surface area contributed by atoms with E-state index >= 15 is 0 Å². The van der Waals surface area contributed by atoms with Crippen LogP contribution in [0.1, 0.15) is 25.0 Å². The third-order valence-electron chi connectivity index (χ3n) is 5.92. The van der Waals surface area contributed by atoms with Crippen molar-refractivity contribution in [2.45, 2.75) is 19.4 Å². The molecule has 0 radical (unpaired) electrons. The summed E-state index contributed by atoms with van der Waals surface area (Å²) < 4.78 is 0. The van der Waals surface area contributed by atoms with Crippen molar-refractivity contribution < 1.29 is 4.79 Å². The van der Waals surface area contributed by atoms with E-state index in [9.17, 15) is 4.79 Å². The molecule has 3 aromatic rings. The van der Waals surface area contributed by atoms with Gasteiger partial charge in [0.25, 0.3) is 0 Å². The first kappa shape index (κ1) is 14.5. The Kier molecular flexibility index (Phi) is 2.66. The van der Waals surface area contributed by atoms with Crippen molar-refractivity contribution in [3.8, 4) is 11.1 Å². The van der Waals surface area contributed by atoms with Crippen molar-refractivity contribution >= 4 is 11.6 Å². The highest BCUT2D eigenvalue weighted by Gasteiger charge is 2.70. The fourth-order valence-electron chi connectivity index (χ4n) is 4.83. The van der Waals surface area contributed by atoms with Crippen LogP contribution in [0.3, 0.4) is 0 Å². The van der Waals surface area contributed by atoms with Crippen LogP contribution >= 0.6 is 0 Å². The maximum absolute atomic E-state index is 13.2. The predicted octanol–water partition coefficient (Wildman–Crippen LogP) is 4.98. The number of benzene rings is 3. The quantitative estimate of drug-likeness (QED) is 0.578. The molecule has 2 nitrogen and oxygen atoms in total. The van der Waals surface area contributed by atoms with Crippen LogP contribution in [-0.4, -0.2) is 5.91 Å². The number of hydrogen-bond donors (Lipinski definition) is 0. The second-order valence-corrected chi connectivity index (χ2v) is 7.40. The molecule has 25 heavy (non-hydrogen) atoms. The van der Waals surface area contributed by atoms with E-state index in [4.69, 9.17) is 0 Å². The molecule has 1 fully saturated rings. The normalized spacial score (nSPS) is 18.6. The van der Waals surface area contributed by atoms with Crippen molar-refractivity contribution in [2.75, 3.05) is 4.90 Å². The van der Waals surface area contributed by atoms with Crippen LogP contribution in [0.4, 0.5) is 5.69 Å². The number of rotatable bonds is 1.